The van der Waals surface area contributed by atoms with Crippen molar-refractivity contribution < 1.29 is 9.18 Å². The lowest BCUT2D eigenvalue weighted by atomic mass is 9.90. The van der Waals surface area contributed by atoms with Gasteiger partial charge in [0.05, 0.1) is 11.8 Å². The molecule has 1 aromatic heterocycles. The van der Waals surface area contributed by atoms with Gasteiger partial charge in [0.25, 0.3) is 0 Å². The van der Waals surface area contributed by atoms with Crippen LogP contribution in [-0.4, -0.2) is 32.0 Å². The minimum Gasteiger partial charge on any atom is -0.337 e. The van der Waals surface area contributed by atoms with Crippen molar-refractivity contribution >= 4 is 17.7 Å². The molecule has 0 radical (unpaired) electrons. The van der Waals surface area contributed by atoms with Crippen LogP contribution in [0.15, 0.2) is 29.4 Å². The second-order valence-corrected chi connectivity index (χ2v) is 7.12. The summed E-state index contributed by atoms with van der Waals surface area (Å²) >= 11 is 1.23. The third kappa shape index (κ3) is 4.37. The third-order valence-electron chi connectivity index (χ3n) is 4.06. The summed E-state index contributed by atoms with van der Waals surface area (Å²) in [5.74, 6) is 0.148. The van der Waals surface area contributed by atoms with Crippen molar-refractivity contribution in [2.24, 2.45) is 13.0 Å². The molecule has 0 fully saturated rings. The van der Waals surface area contributed by atoms with Gasteiger partial charge in [0.2, 0.25) is 5.91 Å². The lowest BCUT2D eigenvalue weighted by Crippen LogP contribution is -2.49. The SMILES string of the molecule is CC(C)[C@](C)(C#N)NC(=O)CSc1nnc(-c2ccc(F)cc2)n1C. The average Bonchev–Trinajstić information content (AvgIpc) is 2.94. The van der Waals surface area contributed by atoms with Crippen LogP contribution in [0.1, 0.15) is 20.8 Å². The molecule has 25 heavy (non-hydrogen) atoms. The zero-order chi connectivity index (χ0) is 18.6. The molecule has 132 valence electrons. The molecule has 0 aliphatic rings. The van der Waals surface area contributed by atoms with Crippen molar-refractivity contribution in [1.29, 1.82) is 5.26 Å². The number of thioether (sulfide) groups is 1. The highest BCUT2D eigenvalue weighted by atomic mass is 32.2. The molecule has 0 saturated carbocycles. The summed E-state index contributed by atoms with van der Waals surface area (Å²) in [6, 6.07) is 8.12. The minimum atomic E-state index is -0.906. The molecule has 0 saturated heterocycles. The molecule has 2 rings (SSSR count). The topological polar surface area (TPSA) is 83.6 Å². The average molecular weight is 361 g/mol. The fourth-order valence-electron chi connectivity index (χ4n) is 2.05. The van der Waals surface area contributed by atoms with Gasteiger partial charge in [0.15, 0.2) is 11.0 Å². The molecule has 0 aliphatic carbocycles. The first kappa shape index (κ1) is 18.9. The number of hydrogen-bond acceptors (Lipinski definition) is 5. The largest absolute Gasteiger partial charge is 0.337 e. The molecule has 2 aromatic rings. The lowest BCUT2D eigenvalue weighted by Gasteiger charge is -2.27. The minimum absolute atomic E-state index is 0.00800. The molecule has 0 spiro atoms. The molecule has 8 heteroatoms. The van der Waals surface area contributed by atoms with Gasteiger partial charge in [-0.05, 0) is 37.1 Å². The molecule has 1 N–H and O–H groups in total. The molecule has 0 aliphatic heterocycles. The molecule has 1 atom stereocenters. The number of hydrogen-bond donors (Lipinski definition) is 1. The number of carbonyl (C=O) groups is 1. The number of halogens is 1. The zero-order valence-electron chi connectivity index (χ0n) is 14.6. The first-order valence-corrected chi connectivity index (χ1v) is 8.76. The smallest absolute Gasteiger partial charge is 0.231 e. The van der Waals surface area contributed by atoms with Crippen LogP contribution in [0.25, 0.3) is 11.4 Å². The molecule has 1 heterocycles. The molecule has 6 nitrogen and oxygen atoms in total. The number of aromatic nitrogens is 3. The van der Waals surface area contributed by atoms with Gasteiger partial charge in [0.1, 0.15) is 11.4 Å². The van der Waals surface area contributed by atoms with Crippen LogP contribution in [-0.2, 0) is 11.8 Å². The summed E-state index contributed by atoms with van der Waals surface area (Å²) in [6.07, 6.45) is 0. The van der Waals surface area contributed by atoms with Gasteiger partial charge in [-0.25, -0.2) is 4.39 Å². The van der Waals surface area contributed by atoms with Gasteiger partial charge in [-0.3, -0.25) is 4.79 Å². The maximum atomic E-state index is 13.0. The number of carbonyl (C=O) groups excluding carboxylic acids is 1. The first-order chi connectivity index (χ1) is 11.8. The quantitative estimate of drug-likeness (QED) is 0.800. The van der Waals surface area contributed by atoms with E-state index in [4.69, 9.17) is 0 Å². The van der Waals surface area contributed by atoms with E-state index in [1.165, 1.54) is 23.9 Å². The molecular weight excluding hydrogens is 341 g/mol. The predicted octanol–water partition coefficient (Wildman–Crippen LogP) is 2.77. The van der Waals surface area contributed by atoms with Gasteiger partial charge in [-0.1, -0.05) is 25.6 Å². The number of nitrogens with one attached hydrogen (secondary N) is 1. The van der Waals surface area contributed by atoms with Gasteiger partial charge in [-0.15, -0.1) is 10.2 Å². The van der Waals surface area contributed by atoms with Crippen molar-refractivity contribution in [2.75, 3.05) is 5.75 Å². The van der Waals surface area contributed by atoms with Crippen molar-refractivity contribution in [3.8, 4) is 17.5 Å². The second-order valence-electron chi connectivity index (χ2n) is 6.18. The van der Waals surface area contributed by atoms with E-state index in [0.29, 0.717) is 11.0 Å². The maximum Gasteiger partial charge on any atom is 0.231 e. The predicted molar refractivity (Wildman–Crippen MR) is 94.1 cm³/mol. The van der Waals surface area contributed by atoms with Gasteiger partial charge >= 0.3 is 0 Å². The van der Waals surface area contributed by atoms with E-state index in [9.17, 15) is 14.4 Å². The summed E-state index contributed by atoms with van der Waals surface area (Å²) in [4.78, 5) is 12.1. The third-order valence-corrected chi connectivity index (χ3v) is 5.08. The van der Waals surface area contributed by atoms with E-state index in [-0.39, 0.29) is 23.4 Å². The van der Waals surface area contributed by atoms with E-state index in [1.807, 2.05) is 13.8 Å². The number of nitriles is 1. The molecule has 0 unspecified atom stereocenters. The highest BCUT2D eigenvalue weighted by Gasteiger charge is 2.30. The van der Waals surface area contributed by atoms with E-state index in [1.54, 1.807) is 30.7 Å². The van der Waals surface area contributed by atoms with Crippen LogP contribution in [0.3, 0.4) is 0 Å². The Morgan fingerprint density at radius 2 is 2.04 bits per heavy atom. The van der Waals surface area contributed by atoms with Crippen molar-refractivity contribution in [2.45, 2.75) is 31.5 Å². The molecule has 1 aromatic carbocycles. The van der Waals surface area contributed by atoms with Crippen LogP contribution in [0.2, 0.25) is 0 Å². The van der Waals surface area contributed by atoms with E-state index in [2.05, 4.69) is 21.6 Å². The molecule has 1 amide bonds. The second kappa shape index (κ2) is 7.66. The van der Waals surface area contributed by atoms with E-state index in [0.717, 1.165) is 5.56 Å². The fraction of sp³-hybridized carbons (Fsp3) is 0.412. The Morgan fingerprint density at radius 1 is 1.40 bits per heavy atom. The Bertz CT molecular complexity index is 796. The lowest BCUT2D eigenvalue weighted by molar-refractivity contribution is -0.120. The number of nitrogens with zero attached hydrogens (tertiary/aromatic N) is 4. The highest BCUT2D eigenvalue weighted by Crippen LogP contribution is 2.23. The van der Waals surface area contributed by atoms with Crippen molar-refractivity contribution in [3.63, 3.8) is 0 Å². The van der Waals surface area contributed by atoms with Crippen LogP contribution in [0.5, 0.6) is 0 Å². The zero-order valence-corrected chi connectivity index (χ0v) is 15.4. The van der Waals surface area contributed by atoms with Gasteiger partial charge < -0.3 is 9.88 Å². The van der Waals surface area contributed by atoms with Gasteiger partial charge in [-0.2, -0.15) is 5.26 Å². The van der Waals surface area contributed by atoms with Crippen LogP contribution in [0, 0.1) is 23.1 Å². The maximum absolute atomic E-state index is 13.0. The van der Waals surface area contributed by atoms with Crippen molar-refractivity contribution in [3.05, 3.63) is 30.1 Å². The molecule has 0 bridgehead atoms. The summed E-state index contributed by atoms with van der Waals surface area (Å²) in [5, 5.41) is 20.8. The molecular formula is C17H20FN5OS. The Labute approximate surface area is 150 Å². The van der Waals surface area contributed by atoms with E-state index >= 15 is 0 Å². The first-order valence-electron chi connectivity index (χ1n) is 7.77. The summed E-state index contributed by atoms with van der Waals surface area (Å²) in [6.45, 7) is 5.47. The van der Waals surface area contributed by atoms with E-state index < -0.39 is 5.54 Å². The summed E-state index contributed by atoms with van der Waals surface area (Å²) < 4.78 is 14.8. The standard InChI is InChI=1S/C17H20FN5OS/c1-11(2)17(3,10-19)20-14(24)9-25-16-22-21-15(23(16)4)12-5-7-13(18)8-6-12/h5-8,11H,9H2,1-4H3,(H,20,24)/t17-/m0/s1. The Kier molecular flexibility index (Phi) is 5.80. The van der Waals surface area contributed by atoms with Crippen LogP contribution < -0.4 is 5.32 Å². The fourth-order valence-corrected chi connectivity index (χ4v) is 2.76. The van der Waals surface area contributed by atoms with Crippen LogP contribution >= 0.6 is 11.8 Å². The highest BCUT2D eigenvalue weighted by molar-refractivity contribution is 7.99. The normalized spacial score (nSPS) is 13.3. The van der Waals surface area contributed by atoms with Crippen molar-refractivity contribution in [1.82, 2.24) is 20.1 Å². The monoisotopic (exact) mass is 361 g/mol. The number of benzene rings is 1. The summed E-state index contributed by atoms with van der Waals surface area (Å²) in [5.41, 5.74) is -0.166. The summed E-state index contributed by atoms with van der Waals surface area (Å²) in [7, 11) is 1.78. The van der Waals surface area contributed by atoms with Gasteiger partial charge in [0, 0.05) is 12.6 Å². The number of rotatable bonds is 6. The number of amides is 1. The Balaban J connectivity index is 2.04. The van der Waals surface area contributed by atoms with Crippen LogP contribution in [0.4, 0.5) is 4.39 Å². The Hall–Kier alpha value is -2.40. The Morgan fingerprint density at radius 3 is 2.60 bits per heavy atom.